The van der Waals surface area contributed by atoms with E-state index in [0.717, 1.165) is 6.07 Å². The van der Waals surface area contributed by atoms with Gasteiger partial charge in [-0.15, -0.1) is 0 Å². The van der Waals surface area contributed by atoms with Crippen LogP contribution in [0.15, 0.2) is 30.3 Å². The van der Waals surface area contributed by atoms with E-state index < -0.39 is 17.6 Å². The first-order valence-electron chi connectivity index (χ1n) is 6.47. The lowest BCUT2D eigenvalue weighted by molar-refractivity contribution is -0.136. The maximum Gasteiger partial charge on any atom is 0.417 e. The number of aryl methyl sites for hydroxylation is 2. The molecule has 7 heteroatoms. The van der Waals surface area contributed by atoms with E-state index >= 15 is 0 Å². The number of rotatable bonds is 1. The summed E-state index contributed by atoms with van der Waals surface area (Å²) in [6, 6.07) is 6.33. The number of pyridine rings is 1. The predicted molar refractivity (Wildman–Crippen MR) is 73.3 cm³/mol. The van der Waals surface area contributed by atoms with E-state index in [1.807, 2.05) is 0 Å². The molecule has 2 heterocycles. The molecule has 0 amide bonds. The molecule has 3 nitrogen and oxygen atoms in total. The highest BCUT2D eigenvalue weighted by atomic mass is 19.4. The molecular formula is C15H11F4N3. The van der Waals surface area contributed by atoms with Crippen molar-refractivity contribution in [1.29, 1.82) is 0 Å². The number of nitrogens with zero attached hydrogens (tertiary/aromatic N) is 3. The molecule has 0 aliphatic carbocycles. The van der Waals surface area contributed by atoms with Crippen LogP contribution >= 0.6 is 0 Å². The Labute approximate surface area is 123 Å². The number of alkyl halides is 3. The average molecular weight is 309 g/mol. The van der Waals surface area contributed by atoms with Gasteiger partial charge in [-0.3, -0.25) is 0 Å². The van der Waals surface area contributed by atoms with Gasteiger partial charge in [-0.25, -0.2) is 14.1 Å². The lowest BCUT2D eigenvalue weighted by Gasteiger charge is -2.10. The molecule has 1 aromatic carbocycles. The highest BCUT2D eigenvalue weighted by molar-refractivity contribution is 5.84. The Morgan fingerprint density at radius 3 is 2.27 bits per heavy atom. The van der Waals surface area contributed by atoms with Crippen LogP contribution in [0.2, 0.25) is 0 Å². The third kappa shape index (κ3) is 2.32. The van der Waals surface area contributed by atoms with E-state index in [4.69, 9.17) is 0 Å². The summed E-state index contributed by atoms with van der Waals surface area (Å²) in [4.78, 5) is 4.18. The van der Waals surface area contributed by atoms with Gasteiger partial charge in [0.1, 0.15) is 5.82 Å². The van der Waals surface area contributed by atoms with Crippen molar-refractivity contribution >= 4 is 11.0 Å². The quantitative estimate of drug-likeness (QED) is 0.631. The number of halogens is 4. The predicted octanol–water partition coefficient (Wildman–Crippen LogP) is 4.20. The van der Waals surface area contributed by atoms with Gasteiger partial charge >= 0.3 is 6.18 Å². The Balaban J connectivity index is 2.35. The first-order chi connectivity index (χ1) is 10.3. The minimum Gasteiger partial charge on any atom is -0.233 e. The van der Waals surface area contributed by atoms with Crippen molar-refractivity contribution < 1.29 is 17.6 Å². The highest BCUT2D eigenvalue weighted by Gasteiger charge is 2.35. The zero-order valence-corrected chi connectivity index (χ0v) is 11.7. The minimum absolute atomic E-state index is 0.0394. The maximum atomic E-state index is 13.2. The Hall–Kier alpha value is -2.44. The summed E-state index contributed by atoms with van der Waals surface area (Å²) >= 11 is 0. The summed E-state index contributed by atoms with van der Waals surface area (Å²) in [6.07, 6.45) is -4.49. The van der Waals surface area contributed by atoms with Crippen molar-refractivity contribution in [3.63, 3.8) is 0 Å². The standard InChI is InChI=1S/C15H11F4N3/c1-8-7-12(15(17,18)19)13-9(2)21-22(14(13)20-8)11-5-3-10(16)4-6-11/h3-7H,1-2H3. The van der Waals surface area contributed by atoms with E-state index in [-0.39, 0.29) is 22.4 Å². The van der Waals surface area contributed by atoms with Crippen LogP contribution in [0.4, 0.5) is 17.6 Å². The molecule has 0 unspecified atom stereocenters. The van der Waals surface area contributed by atoms with E-state index in [9.17, 15) is 17.6 Å². The number of hydrogen-bond acceptors (Lipinski definition) is 2. The minimum atomic E-state index is -4.49. The van der Waals surface area contributed by atoms with Crippen molar-refractivity contribution in [2.45, 2.75) is 20.0 Å². The number of aromatic nitrogens is 3. The van der Waals surface area contributed by atoms with Crippen LogP contribution in [0.5, 0.6) is 0 Å². The van der Waals surface area contributed by atoms with Gasteiger partial charge in [0.25, 0.3) is 0 Å². The molecule has 114 valence electrons. The van der Waals surface area contributed by atoms with Crippen LogP contribution in [0.1, 0.15) is 17.0 Å². The van der Waals surface area contributed by atoms with Crippen LogP contribution in [0.3, 0.4) is 0 Å². The average Bonchev–Trinajstić information content (AvgIpc) is 2.75. The molecule has 0 aliphatic heterocycles. The molecule has 2 aromatic heterocycles. The third-order valence-corrected chi connectivity index (χ3v) is 3.32. The maximum absolute atomic E-state index is 13.2. The van der Waals surface area contributed by atoms with Gasteiger partial charge in [0.2, 0.25) is 0 Å². The molecule has 0 aliphatic rings. The summed E-state index contributed by atoms with van der Waals surface area (Å²) in [7, 11) is 0. The van der Waals surface area contributed by atoms with Crippen LogP contribution in [-0.2, 0) is 6.18 Å². The molecule has 0 saturated heterocycles. The summed E-state index contributed by atoms with van der Waals surface area (Å²) in [5, 5.41) is 4.10. The zero-order chi connectivity index (χ0) is 16.1. The van der Waals surface area contributed by atoms with E-state index in [2.05, 4.69) is 10.1 Å². The van der Waals surface area contributed by atoms with Crippen LogP contribution in [-0.4, -0.2) is 14.8 Å². The lowest BCUT2D eigenvalue weighted by Crippen LogP contribution is -2.08. The Kier molecular flexibility index (Phi) is 3.16. The fourth-order valence-electron chi connectivity index (χ4n) is 2.40. The van der Waals surface area contributed by atoms with E-state index in [1.54, 1.807) is 0 Å². The fourth-order valence-corrected chi connectivity index (χ4v) is 2.40. The van der Waals surface area contributed by atoms with Gasteiger partial charge in [-0.1, -0.05) is 0 Å². The van der Waals surface area contributed by atoms with Gasteiger partial charge in [0.05, 0.1) is 22.3 Å². The molecule has 3 aromatic rings. The van der Waals surface area contributed by atoms with Crippen molar-refractivity contribution in [2.24, 2.45) is 0 Å². The topological polar surface area (TPSA) is 30.7 Å². The molecule has 0 atom stereocenters. The number of hydrogen-bond donors (Lipinski definition) is 0. The SMILES string of the molecule is Cc1cc(C(F)(F)F)c2c(C)nn(-c3ccc(F)cc3)c2n1. The van der Waals surface area contributed by atoms with Gasteiger partial charge < -0.3 is 0 Å². The zero-order valence-electron chi connectivity index (χ0n) is 11.7. The summed E-state index contributed by atoms with van der Waals surface area (Å²) < 4.78 is 54.0. The monoisotopic (exact) mass is 309 g/mol. The van der Waals surface area contributed by atoms with Crippen LogP contribution in [0, 0.1) is 19.7 Å². The largest absolute Gasteiger partial charge is 0.417 e. The molecule has 3 rings (SSSR count). The number of benzene rings is 1. The molecular weight excluding hydrogens is 298 g/mol. The molecule has 22 heavy (non-hydrogen) atoms. The first kappa shape index (κ1) is 14.5. The second-order valence-electron chi connectivity index (χ2n) is 4.98. The smallest absolute Gasteiger partial charge is 0.233 e. The Morgan fingerprint density at radius 1 is 1.05 bits per heavy atom. The normalized spacial score (nSPS) is 12.1. The summed E-state index contributed by atoms with van der Waals surface area (Å²) in [5.74, 6) is -0.433. The van der Waals surface area contributed by atoms with Gasteiger partial charge in [-0.05, 0) is 44.2 Å². The second kappa shape index (κ2) is 4.79. The molecule has 0 radical (unpaired) electrons. The molecule has 0 spiro atoms. The molecule has 0 N–H and O–H groups in total. The van der Waals surface area contributed by atoms with Crippen molar-refractivity contribution in [3.05, 3.63) is 53.1 Å². The summed E-state index contributed by atoms with van der Waals surface area (Å²) in [5.41, 5.74) is 0.255. The lowest BCUT2D eigenvalue weighted by atomic mass is 10.1. The van der Waals surface area contributed by atoms with E-state index in [0.29, 0.717) is 5.69 Å². The van der Waals surface area contributed by atoms with Crippen LogP contribution in [0.25, 0.3) is 16.7 Å². The molecule has 0 saturated carbocycles. The van der Waals surface area contributed by atoms with Gasteiger partial charge in [0, 0.05) is 5.69 Å². The second-order valence-corrected chi connectivity index (χ2v) is 4.98. The molecule has 0 fully saturated rings. The number of fused-ring (bicyclic) bond motifs is 1. The van der Waals surface area contributed by atoms with Crippen LogP contribution < -0.4 is 0 Å². The molecule has 0 bridgehead atoms. The first-order valence-corrected chi connectivity index (χ1v) is 6.47. The Morgan fingerprint density at radius 2 is 1.68 bits per heavy atom. The third-order valence-electron chi connectivity index (χ3n) is 3.32. The van der Waals surface area contributed by atoms with E-state index in [1.165, 1.54) is 42.8 Å². The van der Waals surface area contributed by atoms with Crippen molar-refractivity contribution in [3.8, 4) is 5.69 Å². The Bertz CT molecular complexity index is 848. The fraction of sp³-hybridized carbons (Fsp3) is 0.200. The van der Waals surface area contributed by atoms with Crippen molar-refractivity contribution in [2.75, 3.05) is 0 Å². The van der Waals surface area contributed by atoms with Gasteiger partial charge in [-0.2, -0.15) is 18.3 Å². The summed E-state index contributed by atoms with van der Waals surface area (Å²) in [6.45, 7) is 2.99. The van der Waals surface area contributed by atoms with Crippen molar-refractivity contribution in [1.82, 2.24) is 14.8 Å². The van der Waals surface area contributed by atoms with Gasteiger partial charge in [0.15, 0.2) is 5.65 Å². The highest BCUT2D eigenvalue weighted by Crippen LogP contribution is 2.36.